The van der Waals surface area contributed by atoms with Gasteiger partial charge in [0.15, 0.2) is 0 Å². The first-order valence-electron chi connectivity index (χ1n) is 7.91. The maximum absolute atomic E-state index is 3.56. The Hall–Kier alpha value is -0.0800. The van der Waals surface area contributed by atoms with Crippen molar-refractivity contribution < 1.29 is 0 Å². The van der Waals surface area contributed by atoms with Crippen molar-refractivity contribution in [1.29, 1.82) is 0 Å². The summed E-state index contributed by atoms with van der Waals surface area (Å²) >= 11 is 0. The van der Waals surface area contributed by atoms with E-state index in [-0.39, 0.29) is 0 Å². The summed E-state index contributed by atoms with van der Waals surface area (Å²) in [5.74, 6) is 0.806. The topological polar surface area (TPSA) is 15.3 Å². The van der Waals surface area contributed by atoms with Gasteiger partial charge in [0, 0.05) is 12.1 Å². The second kappa shape index (κ2) is 10.8. The molecule has 0 rings (SSSR count). The van der Waals surface area contributed by atoms with Gasteiger partial charge in [-0.05, 0) is 65.6 Å². The van der Waals surface area contributed by atoms with Gasteiger partial charge in [0.1, 0.15) is 0 Å². The highest BCUT2D eigenvalue weighted by Gasteiger charge is 2.10. The van der Waals surface area contributed by atoms with Crippen molar-refractivity contribution in [1.82, 2.24) is 10.2 Å². The van der Waals surface area contributed by atoms with Crippen LogP contribution in [0.5, 0.6) is 0 Å². The van der Waals surface area contributed by atoms with Crippen LogP contribution >= 0.6 is 0 Å². The first kappa shape index (κ1) is 17.9. The van der Waals surface area contributed by atoms with E-state index < -0.39 is 0 Å². The summed E-state index contributed by atoms with van der Waals surface area (Å²) in [4.78, 5) is 2.52. The molecule has 0 aromatic carbocycles. The number of rotatable bonds is 11. The van der Waals surface area contributed by atoms with Gasteiger partial charge in [-0.15, -0.1) is 0 Å². The van der Waals surface area contributed by atoms with Gasteiger partial charge in [0.05, 0.1) is 0 Å². The molecule has 1 N–H and O–H groups in total. The number of nitrogens with zero attached hydrogens (tertiary/aromatic N) is 1. The fraction of sp³-hybridized carbons (Fsp3) is 1.00. The van der Waals surface area contributed by atoms with Crippen LogP contribution in [0.1, 0.15) is 66.7 Å². The van der Waals surface area contributed by atoms with E-state index >= 15 is 0 Å². The Balaban J connectivity index is 3.52. The lowest BCUT2D eigenvalue weighted by molar-refractivity contribution is 0.223. The van der Waals surface area contributed by atoms with E-state index in [0.29, 0.717) is 6.04 Å². The van der Waals surface area contributed by atoms with Crippen LogP contribution in [0.2, 0.25) is 0 Å². The fourth-order valence-corrected chi connectivity index (χ4v) is 2.39. The predicted octanol–water partition coefficient (Wildman–Crippen LogP) is 3.91. The van der Waals surface area contributed by atoms with Crippen LogP contribution < -0.4 is 5.32 Å². The van der Waals surface area contributed by atoms with Crippen LogP contribution in [0, 0.1) is 5.92 Å². The molecule has 0 saturated heterocycles. The molecule has 0 aromatic heterocycles. The molecule has 0 spiro atoms. The van der Waals surface area contributed by atoms with Crippen molar-refractivity contribution in [3.63, 3.8) is 0 Å². The van der Waals surface area contributed by atoms with E-state index in [4.69, 9.17) is 0 Å². The molecular formula is C16H36N2. The monoisotopic (exact) mass is 256 g/mol. The summed E-state index contributed by atoms with van der Waals surface area (Å²) in [6.07, 6.45) is 6.53. The van der Waals surface area contributed by atoms with E-state index in [1.165, 1.54) is 38.6 Å². The molecule has 0 aromatic rings. The zero-order valence-electron chi connectivity index (χ0n) is 13.6. The highest BCUT2D eigenvalue weighted by Crippen LogP contribution is 2.11. The van der Waals surface area contributed by atoms with Gasteiger partial charge in [-0.3, -0.25) is 0 Å². The molecule has 0 aliphatic heterocycles. The van der Waals surface area contributed by atoms with Crippen LogP contribution in [-0.4, -0.2) is 37.1 Å². The van der Waals surface area contributed by atoms with Gasteiger partial charge in [0.25, 0.3) is 0 Å². The highest BCUT2D eigenvalue weighted by molar-refractivity contribution is 4.66. The Labute approximate surface area is 116 Å². The minimum atomic E-state index is 0.684. The van der Waals surface area contributed by atoms with Crippen LogP contribution in [0.15, 0.2) is 0 Å². The molecular weight excluding hydrogens is 220 g/mol. The summed E-state index contributed by atoms with van der Waals surface area (Å²) in [7, 11) is 2.27. The van der Waals surface area contributed by atoms with Crippen molar-refractivity contribution in [3.8, 4) is 0 Å². The average molecular weight is 256 g/mol. The Morgan fingerprint density at radius 1 is 1.06 bits per heavy atom. The molecule has 2 unspecified atom stereocenters. The number of unbranched alkanes of at least 4 members (excludes halogenated alkanes) is 1. The summed E-state index contributed by atoms with van der Waals surface area (Å²) in [6.45, 7) is 13.9. The van der Waals surface area contributed by atoms with Gasteiger partial charge in [0.2, 0.25) is 0 Å². The number of hydrogen-bond donors (Lipinski definition) is 1. The predicted molar refractivity (Wildman–Crippen MR) is 83.2 cm³/mol. The lowest BCUT2D eigenvalue weighted by Gasteiger charge is -2.26. The van der Waals surface area contributed by atoms with Gasteiger partial charge < -0.3 is 10.2 Å². The van der Waals surface area contributed by atoms with E-state index in [0.717, 1.165) is 18.5 Å². The van der Waals surface area contributed by atoms with Gasteiger partial charge in [-0.2, -0.15) is 0 Å². The Morgan fingerprint density at radius 2 is 1.72 bits per heavy atom. The Bertz CT molecular complexity index is 180. The van der Waals surface area contributed by atoms with Gasteiger partial charge in [-0.1, -0.05) is 27.2 Å². The average Bonchev–Trinajstić information content (AvgIpc) is 2.30. The van der Waals surface area contributed by atoms with Gasteiger partial charge >= 0.3 is 0 Å². The lowest BCUT2D eigenvalue weighted by atomic mass is 10.0. The smallest absolute Gasteiger partial charge is 0.00663 e. The van der Waals surface area contributed by atoms with Crippen molar-refractivity contribution in [2.75, 3.05) is 20.1 Å². The molecule has 0 fully saturated rings. The fourth-order valence-electron chi connectivity index (χ4n) is 2.39. The molecule has 2 nitrogen and oxygen atoms in total. The molecule has 2 atom stereocenters. The first-order chi connectivity index (χ1) is 8.47. The normalized spacial score (nSPS) is 15.3. The minimum absolute atomic E-state index is 0.684. The Morgan fingerprint density at radius 3 is 2.28 bits per heavy atom. The third kappa shape index (κ3) is 9.90. The van der Waals surface area contributed by atoms with Gasteiger partial charge in [-0.25, -0.2) is 0 Å². The van der Waals surface area contributed by atoms with E-state index in [1.807, 2.05) is 0 Å². The largest absolute Gasteiger partial charge is 0.314 e. The quantitative estimate of drug-likeness (QED) is 0.564. The SMILES string of the molecule is CCCNC(C)CCCCN(C)C(C)CC(C)C. The number of hydrogen-bond acceptors (Lipinski definition) is 2. The van der Waals surface area contributed by atoms with Crippen molar-refractivity contribution in [2.24, 2.45) is 5.92 Å². The van der Waals surface area contributed by atoms with E-state index in [9.17, 15) is 0 Å². The van der Waals surface area contributed by atoms with Crippen LogP contribution in [0.3, 0.4) is 0 Å². The summed E-state index contributed by atoms with van der Waals surface area (Å²) in [6, 6.07) is 1.41. The van der Waals surface area contributed by atoms with Crippen molar-refractivity contribution in [3.05, 3.63) is 0 Å². The third-order valence-corrected chi connectivity index (χ3v) is 3.71. The molecule has 18 heavy (non-hydrogen) atoms. The molecule has 110 valence electrons. The zero-order chi connectivity index (χ0) is 14.0. The second-order valence-corrected chi connectivity index (χ2v) is 6.31. The molecule has 0 saturated carbocycles. The van der Waals surface area contributed by atoms with E-state index in [1.54, 1.807) is 0 Å². The molecule has 0 aliphatic rings. The molecule has 0 aliphatic carbocycles. The highest BCUT2D eigenvalue weighted by atomic mass is 15.1. The molecule has 0 bridgehead atoms. The minimum Gasteiger partial charge on any atom is -0.314 e. The maximum Gasteiger partial charge on any atom is 0.00663 e. The summed E-state index contributed by atoms with van der Waals surface area (Å²) in [5.41, 5.74) is 0. The second-order valence-electron chi connectivity index (χ2n) is 6.31. The van der Waals surface area contributed by atoms with Crippen LogP contribution in [-0.2, 0) is 0 Å². The molecule has 0 radical (unpaired) electrons. The van der Waals surface area contributed by atoms with Crippen molar-refractivity contribution in [2.45, 2.75) is 78.8 Å². The van der Waals surface area contributed by atoms with Crippen molar-refractivity contribution >= 4 is 0 Å². The van der Waals surface area contributed by atoms with Crippen LogP contribution in [0.25, 0.3) is 0 Å². The molecule has 2 heteroatoms. The van der Waals surface area contributed by atoms with Crippen LogP contribution in [0.4, 0.5) is 0 Å². The van der Waals surface area contributed by atoms with E-state index in [2.05, 4.69) is 51.9 Å². The lowest BCUT2D eigenvalue weighted by Crippen LogP contribution is -2.31. The maximum atomic E-state index is 3.56. The molecule has 0 heterocycles. The summed E-state index contributed by atoms with van der Waals surface area (Å²) in [5, 5.41) is 3.56. The number of nitrogens with one attached hydrogen (secondary N) is 1. The standard InChI is InChI=1S/C16H36N2/c1-7-11-17-15(4)10-8-9-12-18(6)16(5)13-14(2)3/h14-17H,7-13H2,1-6H3. The Kier molecular flexibility index (Phi) is 10.8. The third-order valence-electron chi connectivity index (χ3n) is 3.71. The zero-order valence-corrected chi connectivity index (χ0v) is 13.6. The molecule has 0 amide bonds. The summed E-state index contributed by atoms with van der Waals surface area (Å²) < 4.78 is 0. The first-order valence-corrected chi connectivity index (χ1v) is 7.91.